The molecule has 2 aromatic carbocycles. The largest absolute Gasteiger partial charge is 0.488 e. The van der Waals surface area contributed by atoms with Crippen molar-refractivity contribution in [1.29, 1.82) is 0 Å². The fourth-order valence-electron chi connectivity index (χ4n) is 2.00. The SMILES string of the molecule is COCC(C)Oc1cccc(Oc2ccc(S(C)(=O)=O)cc2)c1. The molecule has 0 aliphatic rings. The third kappa shape index (κ3) is 5.26. The molecule has 23 heavy (non-hydrogen) atoms. The second kappa shape index (κ2) is 7.48. The summed E-state index contributed by atoms with van der Waals surface area (Å²) in [4.78, 5) is 0.260. The van der Waals surface area contributed by atoms with Crippen molar-refractivity contribution in [3.8, 4) is 17.2 Å². The zero-order chi connectivity index (χ0) is 16.9. The van der Waals surface area contributed by atoms with E-state index in [1.807, 2.05) is 19.1 Å². The van der Waals surface area contributed by atoms with E-state index < -0.39 is 9.84 Å². The zero-order valence-corrected chi connectivity index (χ0v) is 14.2. The van der Waals surface area contributed by atoms with Gasteiger partial charge in [-0.1, -0.05) is 6.07 Å². The summed E-state index contributed by atoms with van der Waals surface area (Å²) in [5, 5.41) is 0. The molecule has 0 radical (unpaired) electrons. The van der Waals surface area contributed by atoms with Gasteiger partial charge in [0.05, 0.1) is 11.5 Å². The minimum atomic E-state index is -3.21. The molecule has 0 amide bonds. The zero-order valence-electron chi connectivity index (χ0n) is 13.4. The van der Waals surface area contributed by atoms with Gasteiger partial charge in [-0.25, -0.2) is 8.42 Å². The number of hydrogen-bond donors (Lipinski definition) is 0. The third-order valence-corrected chi connectivity index (χ3v) is 4.16. The van der Waals surface area contributed by atoms with Crippen LogP contribution in [0.2, 0.25) is 0 Å². The molecular formula is C17H20O5S. The number of sulfone groups is 1. The van der Waals surface area contributed by atoms with Gasteiger partial charge in [0, 0.05) is 19.4 Å². The van der Waals surface area contributed by atoms with Crippen molar-refractivity contribution in [2.75, 3.05) is 20.0 Å². The maximum Gasteiger partial charge on any atom is 0.175 e. The van der Waals surface area contributed by atoms with Crippen molar-refractivity contribution in [3.05, 3.63) is 48.5 Å². The molecule has 124 valence electrons. The van der Waals surface area contributed by atoms with E-state index in [0.717, 1.165) is 0 Å². The van der Waals surface area contributed by atoms with Gasteiger partial charge in [0.15, 0.2) is 9.84 Å². The van der Waals surface area contributed by atoms with Gasteiger partial charge in [-0.15, -0.1) is 0 Å². The molecule has 6 heteroatoms. The van der Waals surface area contributed by atoms with Gasteiger partial charge in [0.25, 0.3) is 0 Å². The topological polar surface area (TPSA) is 61.8 Å². The predicted molar refractivity (Wildman–Crippen MR) is 88.0 cm³/mol. The fourth-order valence-corrected chi connectivity index (χ4v) is 2.63. The summed E-state index contributed by atoms with van der Waals surface area (Å²) in [6, 6.07) is 13.5. The average Bonchev–Trinajstić information content (AvgIpc) is 2.47. The van der Waals surface area contributed by atoms with Gasteiger partial charge in [-0.2, -0.15) is 0 Å². The van der Waals surface area contributed by atoms with Crippen LogP contribution in [0.5, 0.6) is 17.2 Å². The van der Waals surface area contributed by atoms with E-state index in [4.69, 9.17) is 14.2 Å². The van der Waals surface area contributed by atoms with Gasteiger partial charge in [0.2, 0.25) is 0 Å². The molecule has 0 bridgehead atoms. The molecular weight excluding hydrogens is 316 g/mol. The van der Waals surface area contributed by atoms with Crippen molar-refractivity contribution in [1.82, 2.24) is 0 Å². The number of benzene rings is 2. The van der Waals surface area contributed by atoms with E-state index >= 15 is 0 Å². The van der Waals surface area contributed by atoms with Crippen LogP contribution >= 0.6 is 0 Å². The summed E-state index contributed by atoms with van der Waals surface area (Å²) in [6.45, 7) is 2.42. The van der Waals surface area contributed by atoms with Gasteiger partial charge >= 0.3 is 0 Å². The van der Waals surface area contributed by atoms with Gasteiger partial charge < -0.3 is 14.2 Å². The number of methoxy groups -OCH3 is 1. The van der Waals surface area contributed by atoms with Gasteiger partial charge in [-0.3, -0.25) is 0 Å². The predicted octanol–water partition coefficient (Wildman–Crippen LogP) is 3.30. The van der Waals surface area contributed by atoms with E-state index in [2.05, 4.69) is 0 Å². The molecule has 0 heterocycles. The Morgan fingerprint density at radius 1 is 1.00 bits per heavy atom. The molecule has 5 nitrogen and oxygen atoms in total. The molecule has 1 unspecified atom stereocenters. The summed E-state index contributed by atoms with van der Waals surface area (Å²) < 4.78 is 39.3. The Bertz CT molecular complexity index is 738. The number of ether oxygens (including phenoxy) is 3. The summed E-state index contributed by atoms with van der Waals surface area (Å²) in [7, 11) is -1.58. The van der Waals surface area contributed by atoms with Crippen LogP contribution in [0.3, 0.4) is 0 Å². The van der Waals surface area contributed by atoms with E-state index in [-0.39, 0.29) is 11.0 Å². The van der Waals surface area contributed by atoms with Gasteiger partial charge in [-0.05, 0) is 43.3 Å². The molecule has 0 aromatic heterocycles. The number of hydrogen-bond acceptors (Lipinski definition) is 5. The quantitative estimate of drug-likeness (QED) is 0.776. The molecule has 0 fully saturated rings. The van der Waals surface area contributed by atoms with Crippen LogP contribution in [0.4, 0.5) is 0 Å². The standard InChI is InChI=1S/C17H20O5S/c1-13(12-20-2)21-15-5-4-6-16(11-15)22-14-7-9-17(10-8-14)23(3,18)19/h4-11,13H,12H2,1-3H3. The molecule has 0 aliphatic heterocycles. The maximum atomic E-state index is 11.4. The first-order valence-corrected chi connectivity index (χ1v) is 9.01. The van der Waals surface area contributed by atoms with E-state index in [1.54, 1.807) is 31.4 Å². The van der Waals surface area contributed by atoms with E-state index in [0.29, 0.717) is 23.9 Å². The first kappa shape index (κ1) is 17.3. The smallest absolute Gasteiger partial charge is 0.175 e. The highest BCUT2D eigenvalue weighted by molar-refractivity contribution is 7.90. The molecule has 0 aliphatic carbocycles. The van der Waals surface area contributed by atoms with E-state index in [1.165, 1.54) is 18.4 Å². The molecule has 2 aromatic rings. The lowest BCUT2D eigenvalue weighted by molar-refractivity contribution is 0.0919. The molecule has 0 spiro atoms. The molecule has 0 saturated heterocycles. The minimum absolute atomic E-state index is 0.0655. The Labute approximate surface area is 136 Å². The lowest BCUT2D eigenvalue weighted by atomic mass is 10.3. The highest BCUT2D eigenvalue weighted by Crippen LogP contribution is 2.26. The summed E-state index contributed by atoms with van der Waals surface area (Å²) in [6.07, 6.45) is 1.11. The van der Waals surface area contributed by atoms with Crippen LogP contribution < -0.4 is 9.47 Å². The maximum absolute atomic E-state index is 11.4. The van der Waals surface area contributed by atoms with Crippen LogP contribution in [-0.4, -0.2) is 34.5 Å². The Morgan fingerprint density at radius 2 is 1.65 bits per heavy atom. The second-order valence-corrected chi connectivity index (χ2v) is 7.22. The molecule has 2 rings (SSSR count). The third-order valence-electron chi connectivity index (χ3n) is 3.03. The minimum Gasteiger partial charge on any atom is -0.488 e. The summed E-state index contributed by atoms with van der Waals surface area (Å²) >= 11 is 0. The van der Waals surface area contributed by atoms with Crippen LogP contribution in [-0.2, 0) is 14.6 Å². The normalized spacial score (nSPS) is 12.7. The first-order chi connectivity index (χ1) is 10.9. The van der Waals surface area contributed by atoms with Crippen molar-refractivity contribution in [2.45, 2.75) is 17.9 Å². The monoisotopic (exact) mass is 336 g/mol. The highest BCUT2D eigenvalue weighted by atomic mass is 32.2. The molecule has 0 N–H and O–H groups in total. The average molecular weight is 336 g/mol. The second-order valence-electron chi connectivity index (χ2n) is 5.20. The molecule has 1 atom stereocenters. The van der Waals surface area contributed by atoms with Crippen molar-refractivity contribution >= 4 is 9.84 Å². The first-order valence-electron chi connectivity index (χ1n) is 7.12. The van der Waals surface area contributed by atoms with Crippen LogP contribution in [0.1, 0.15) is 6.92 Å². The van der Waals surface area contributed by atoms with Crippen molar-refractivity contribution in [3.63, 3.8) is 0 Å². The lowest BCUT2D eigenvalue weighted by Gasteiger charge is -2.14. The molecule has 0 saturated carbocycles. The Morgan fingerprint density at radius 3 is 2.26 bits per heavy atom. The fraction of sp³-hybridized carbons (Fsp3) is 0.294. The summed E-state index contributed by atoms with van der Waals surface area (Å²) in [5.74, 6) is 1.85. The van der Waals surface area contributed by atoms with Gasteiger partial charge in [0.1, 0.15) is 23.4 Å². The van der Waals surface area contributed by atoms with Crippen LogP contribution in [0, 0.1) is 0 Å². The number of rotatable bonds is 7. The highest BCUT2D eigenvalue weighted by Gasteiger charge is 2.08. The van der Waals surface area contributed by atoms with Crippen molar-refractivity contribution < 1.29 is 22.6 Å². The Kier molecular flexibility index (Phi) is 5.63. The van der Waals surface area contributed by atoms with Crippen LogP contribution in [0.15, 0.2) is 53.4 Å². The van der Waals surface area contributed by atoms with Crippen LogP contribution in [0.25, 0.3) is 0 Å². The van der Waals surface area contributed by atoms with Crippen molar-refractivity contribution in [2.24, 2.45) is 0 Å². The Balaban J connectivity index is 2.08. The lowest BCUT2D eigenvalue weighted by Crippen LogP contribution is -2.17. The Hall–Kier alpha value is -2.05. The van der Waals surface area contributed by atoms with E-state index in [9.17, 15) is 8.42 Å². The summed E-state index contributed by atoms with van der Waals surface area (Å²) in [5.41, 5.74) is 0.